The Kier molecular flexibility index (Phi) is 4.46. The lowest BCUT2D eigenvalue weighted by molar-refractivity contribution is 0.0980. The average Bonchev–Trinajstić information content (AvgIpc) is 3.15. The number of para-hydroxylation sites is 2. The van der Waals surface area contributed by atoms with Crippen LogP contribution in [0.5, 0.6) is 0 Å². The number of benzene rings is 2. The Morgan fingerprint density at radius 3 is 2.31 bits per heavy atom. The maximum atomic E-state index is 12.7. The minimum Gasteiger partial charge on any atom is -0.309 e. The monoisotopic (exact) mass is 359 g/mol. The van der Waals surface area contributed by atoms with E-state index in [0.717, 1.165) is 22.6 Å². The van der Waals surface area contributed by atoms with Gasteiger partial charge in [-0.1, -0.05) is 48.5 Å². The van der Waals surface area contributed by atoms with Gasteiger partial charge in [-0.2, -0.15) is 0 Å². The summed E-state index contributed by atoms with van der Waals surface area (Å²) in [5, 5.41) is 4.91. The number of carbonyl (C=O) groups is 1. The quantitative estimate of drug-likeness (QED) is 0.680. The third-order valence-corrected chi connectivity index (χ3v) is 5.10. The Bertz CT molecular complexity index is 991. The molecule has 1 aliphatic heterocycles. The van der Waals surface area contributed by atoms with Crippen molar-refractivity contribution in [2.24, 2.45) is 9.98 Å². The highest BCUT2D eigenvalue weighted by atomic mass is 32.1. The van der Waals surface area contributed by atoms with Gasteiger partial charge in [0.05, 0.1) is 22.2 Å². The molecule has 1 aliphatic rings. The van der Waals surface area contributed by atoms with Crippen molar-refractivity contribution in [3.05, 3.63) is 82.6 Å². The summed E-state index contributed by atoms with van der Waals surface area (Å²) >= 11 is 1.41. The summed E-state index contributed by atoms with van der Waals surface area (Å²) in [6.07, 6.45) is 0. The van der Waals surface area contributed by atoms with E-state index in [9.17, 15) is 4.79 Å². The van der Waals surface area contributed by atoms with Gasteiger partial charge >= 0.3 is 0 Å². The molecular formula is C21H17N3OS. The molecule has 2 aromatic carbocycles. The van der Waals surface area contributed by atoms with Crippen LogP contribution in [0.2, 0.25) is 0 Å². The van der Waals surface area contributed by atoms with E-state index in [1.54, 1.807) is 0 Å². The molecule has 1 unspecified atom stereocenters. The van der Waals surface area contributed by atoms with Crippen molar-refractivity contribution in [1.82, 2.24) is 5.32 Å². The molecule has 0 radical (unpaired) electrons. The average molecular weight is 359 g/mol. The smallest absolute Gasteiger partial charge is 0.266 e. The van der Waals surface area contributed by atoms with Crippen molar-refractivity contribution in [2.45, 2.75) is 12.8 Å². The second-order valence-corrected chi connectivity index (χ2v) is 6.96. The van der Waals surface area contributed by atoms with Crippen molar-refractivity contribution in [3.63, 3.8) is 0 Å². The van der Waals surface area contributed by atoms with E-state index in [1.807, 2.05) is 79.0 Å². The molecule has 4 nitrogen and oxygen atoms in total. The number of nitrogens with one attached hydrogen (secondary N) is 1. The van der Waals surface area contributed by atoms with Crippen molar-refractivity contribution < 1.29 is 4.79 Å². The van der Waals surface area contributed by atoms with Crippen LogP contribution in [0.25, 0.3) is 0 Å². The third-order valence-electron chi connectivity index (χ3n) is 4.23. The normalized spacial score (nSPS) is 16.1. The van der Waals surface area contributed by atoms with Gasteiger partial charge < -0.3 is 5.32 Å². The van der Waals surface area contributed by atoms with Crippen LogP contribution in [0, 0.1) is 0 Å². The summed E-state index contributed by atoms with van der Waals surface area (Å²) in [5.74, 6) is 0.250. The number of aliphatic imine (C=N–C) groups is 2. The molecule has 128 valence electrons. The SMILES string of the molecule is CC1=Nc2ccccc2N=C(NC(=O)c2cccs2)C1c1ccccc1. The third kappa shape index (κ3) is 3.21. The van der Waals surface area contributed by atoms with Crippen LogP contribution >= 0.6 is 11.3 Å². The van der Waals surface area contributed by atoms with Gasteiger partial charge in [0.2, 0.25) is 0 Å². The molecule has 2 heterocycles. The molecule has 1 N–H and O–H groups in total. The minimum absolute atomic E-state index is 0.146. The lowest BCUT2D eigenvalue weighted by atomic mass is 9.93. The fourth-order valence-electron chi connectivity index (χ4n) is 3.03. The number of hydrogen-bond donors (Lipinski definition) is 1. The van der Waals surface area contributed by atoms with Crippen LogP contribution in [0.4, 0.5) is 11.4 Å². The van der Waals surface area contributed by atoms with E-state index in [-0.39, 0.29) is 11.8 Å². The Morgan fingerprint density at radius 1 is 0.923 bits per heavy atom. The molecule has 1 aromatic heterocycles. The molecule has 0 aliphatic carbocycles. The number of hydrogen-bond acceptors (Lipinski definition) is 4. The van der Waals surface area contributed by atoms with Crippen molar-refractivity contribution >= 4 is 40.2 Å². The lowest BCUT2D eigenvalue weighted by Gasteiger charge is -2.19. The van der Waals surface area contributed by atoms with Crippen LogP contribution in [0.1, 0.15) is 28.1 Å². The van der Waals surface area contributed by atoms with Gasteiger partial charge in [0.1, 0.15) is 5.84 Å². The standard InChI is InChI=1S/C21H17N3OS/c1-14-19(15-8-3-2-4-9-15)20(24-21(25)18-12-7-13-26-18)23-17-11-6-5-10-16(17)22-14/h2-13,19H,1H3,(H,23,24,25). The maximum Gasteiger partial charge on any atom is 0.266 e. The highest BCUT2D eigenvalue weighted by molar-refractivity contribution is 7.12. The predicted molar refractivity (Wildman–Crippen MR) is 107 cm³/mol. The van der Waals surface area contributed by atoms with Crippen LogP contribution in [0.15, 0.2) is 82.1 Å². The summed E-state index contributed by atoms with van der Waals surface area (Å²) in [6.45, 7) is 1.98. The second kappa shape index (κ2) is 7.06. The first-order valence-electron chi connectivity index (χ1n) is 8.35. The number of fused-ring (bicyclic) bond motifs is 1. The van der Waals surface area contributed by atoms with E-state index in [1.165, 1.54) is 11.3 Å². The molecule has 0 saturated carbocycles. The number of rotatable bonds is 2. The molecule has 0 bridgehead atoms. The summed E-state index contributed by atoms with van der Waals surface area (Å²) < 4.78 is 0. The number of amides is 1. The van der Waals surface area contributed by atoms with E-state index in [0.29, 0.717) is 10.7 Å². The van der Waals surface area contributed by atoms with Crippen molar-refractivity contribution in [2.75, 3.05) is 0 Å². The van der Waals surface area contributed by atoms with E-state index < -0.39 is 0 Å². The maximum absolute atomic E-state index is 12.7. The molecule has 1 atom stereocenters. The highest BCUT2D eigenvalue weighted by Gasteiger charge is 2.26. The molecule has 0 spiro atoms. The predicted octanol–water partition coefficient (Wildman–Crippen LogP) is 5.10. The molecule has 0 fully saturated rings. The number of thiophene rings is 1. The molecule has 5 heteroatoms. The molecule has 4 rings (SSSR count). The second-order valence-electron chi connectivity index (χ2n) is 6.01. The van der Waals surface area contributed by atoms with Gasteiger partial charge in [0.25, 0.3) is 5.91 Å². The first-order valence-corrected chi connectivity index (χ1v) is 9.23. The summed E-state index contributed by atoms with van der Waals surface area (Å²) in [6, 6.07) is 21.4. The number of amidine groups is 1. The van der Waals surface area contributed by atoms with Gasteiger partial charge in [0.15, 0.2) is 0 Å². The first-order chi connectivity index (χ1) is 12.7. The fraction of sp³-hybridized carbons (Fsp3) is 0.0952. The van der Waals surface area contributed by atoms with Crippen molar-refractivity contribution in [1.29, 1.82) is 0 Å². The molecule has 3 aromatic rings. The first kappa shape index (κ1) is 16.4. The lowest BCUT2D eigenvalue weighted by Crippen LogP contribution is -2.36. The summed E-state index contributed by atoms with van der Waals surface area (Å²) in [7, 11) is 0. The highest BCUT2D eigenvalue weighted by Crippen LogP contribution is 2.34. The Labute approximate surface area is 156 Å². The number of carbonyl (C=O) groups excluding carboxylic acids is 1. The minimum atomic E-state index is -0.201. The zero-order valence-corrected chi connectivity index (χ0v) is 15.0. The van der Waals surface area contributed by atoms with Gasteiger partial charge in [-0.3, -0.25) is 9.79 Å². The molecular weight excluding hydrogens is 342 g/mol. The van der Waals surface area contributed by atoms with Crippen molar-refractivity contribution in [3.8, 4) is 0 Å². The van der Waals surface area contributed by atoms with Crippen LogP contribution in [-0.2, 0) is 0 Å². The topological polar surface area (TPSA) is 53.8 Å². The van der Waals surface area contributed by atoms with Gasteiger partial charge in [-0.25, -0.2) is 4.99 Å². The Balaban J connectivity index is 1.81. The Morgan fingerprint density at radius 2 is 1.62 bits per heavy atom. The van der Waals surface area contributed by atoms with Gasteiger partial charge in [-0.05, 0) is 36.1 Å². The van der Waals surface area contributed by atoms with Gasteiger partial charge in [-0.15, -0.1) is 11.3 Å². The molecule has 26 heavy (non-hydrogen) atoms. The number of nitrogens with zero attached hydrogens (tertiary/aromatic N) is 2. The van der Waals surface area contributed by atoms with Gasteiger partial charge in [0, 0.05) is 5.71 Å². The summed E-state index contributed by atoms with van der Waals surface area (Å²) in [4.78, 5) is 22.9. The van der Waals surface area contributed by atoms with Crippen LogP contribution < -0.4 is 5.32 Å². The molecule has 1 amide bonds. The van der Waals surface area contributed by atoms with Crippen LogP contribution in [-0.4, -0.2) is 17.5 Å². The zero-order chi connectivity index (χ0) is 17.9. The van der Waals surface area contributed by atoms with E-state index >= 15 is 0 Å². The fourth-order valence-corrected chi connectivity index (χ4v) is 3.65. The Hall–Kier alpha value is -3.05. The van der Waals surface area contributed by atoms with Crippen LogP contribution in [0.3, 0.4) is 0 Å². The summed E-state index contributed by atoms with van der Waals surface area (Å²) in [5.41, 5.74) is 3.51. The van der Waals surface area contributed by atoms with E-state index in [4.69, 9.17) is 9.98 Å². The largest absolute Gasteiger partial charge is 0.309 e. The zero-order valence-electron chi connectivity index (χ0n) is 14.2. The molecule has 0 saturated heterocycles. The van der Waals surface area contributed by atoms with E-state index in [2.05, 4.69) is 5.32 Å².